The van der Waals surface area contributed by atoms with E-state index in [9.17, 15) is 0 Å². The van der Waals surface area contributed by atoms with Gasteiger partial charge in [0.2, 0.25) is 0 Å². The minimum absolute atomic E-state index is 0.459. The molecular weight excluding hydrogens is 332 g/mol. The molecule has 0 saturated carbocycles. The van der Waals surface area contributed by atoms with Crippen molar-refractivity contribution >= 4 is 34.4 Å². The molecular formula is C16H23ClN4OS. The van der Waals surface area contributed by atoms with E-state index in [0.717, 1.165) is 41.0 Å². The molecule has 0 aliphatic carbocycles. The maximum atomic E-state index is 6.34. The molecule has 0 amide bonds. The lowest BCUT2D eigenvalue weighted by molar-refractivity contribution is 0.126. The first-order valence-electron chi connectivity index (χ1n) is 8.07. The molecule has 0 spiro atoms. The van der Waals surface area contributed by atoms with Crippen LogP contribution in [0.2, 0.25) is 5.15 Å². The minimum atomic E-state index is 0.459. The molecule has 2 aromatic heterocycles. The summed E-state index contributed by atoms with van der Waals surface area (Å²) < 4.78 is 7.68. The van der Waals surface area contributed by atoms with E-state index in [1.807, 2.05) is 25.6 Å². The van der Waals surface area contributed by atoms with Crippen molar-refractivity contribution < 1.29 is 4.74 Å². The second-order valence-electron chi connectivity index (χ2n) is 5.83. The van der Waals surface area contributed by atoms with Crippen molar-refractivity contribution in [2.75, 3.05) is 23.5 Å². The normalized spacial score (nSPS) is 16.2. The summed E-state index contributed by atoms with van der Waals surface area (Å²) in [6.07, 6.45) is 2.32. The number of hydrogen-bond acceptors (Lipinski definition) is 5. The third-order valence-electron chi connectivity index (χ3n) is 4.27. The van der Waals surface area contributed by atoms with Gasteiger partial charge in [0.1, 0.15) is 12.1 Å². The molecule has 0 unspecified atom stereocenters. The van der Waals surface area contributed by atoms with Crippen LogP contribution in [0.25, 0.3) is 11.0 Å². The average Bonchev–Trinajstić information content (AvgIpc) is 2.91. The van der Waals surface area contributed by atoms with Crippen LogP contribution in [0.3, 0.4) is 0 Å². The summed E-state index contributed by atoms with van der Waals surface area (Å²) in [4.78, 5) is 9.09. The Hall–Kier alpha value is -0.980. The monoisotopic (exact) mass is 354 g/mol. The van der Waals surface area contributed by atoms with Gasteiger partial charge in [-0.1, -0.05) is 11.6 Å². The van der Waals surface area contributed by atoms with Crippen LogP contribution in [-0.4, -0.2) is 38.8 Å². The molecule has 23 heavy (non-hydrogen) atoms. The molecule has 1 saturated heterocycles. The van der Waals surface area contributed by atoms with Gasteiger partial charge >= 0.3 is 0 Å². The van der Waals surface area contributed by atoms with Crippen molar-refractivity contribution in [1.82, 2.24) is 14.6 Å². The zero-order valence-electron chi connectivity index (χ0n) is 13.9. The molecule has 1 fully saturated rings. The van der Waals surface area contributed by atoms with Gasteiger partial charge in [-0.2, -0.15) is 11.8 Å². The average molecular weight is 355 g/mol. The fraction of sp³-hybridized carbons (Fsp3) is 0.625. The predicted molar refractivity (Wildman–Crippen MR) is 97.0 cm³/mol. The molecule has 1 aliphatic rings. The van der Waals surface area contributed by atoms with Gasteiger partial charge < -0.3 is 10.2 Å². The second-order valence-corrected chi connectivity index (χ2v) is 7.41. The summed E-state index contributed by atoms with van der Waals surface area (Å²) in [6, 6.07) is 0.459. The molecule has 7 heteroatoms. The molecule has 1 N–H and O–H groups in total. The fourth-order valence-electron chi connectivity index (χ4n) is 2.85. The van der Waals surface area contributed by atoms with Crippen molar-refractivity contribution in [1.29, 1.82) is 0 Å². The van der Waals surface area contributed by atoms with Gasteiger partial charge in [0, 0.05) is 18.3 Å². The highest BCUT2D eigenvalue weighted by atomic mass is 35.5. The Labute approximate surface area is 146 Å². The van der Waals surface area contributed by atoms with Gasteiger partial charge in [0.15, 0.2) is 11.0 Å². The number of ether oxygens (including phenoxy) is 1. The fourth-order valence-corrected chi connectivity index (χ4v) is 4.22. The number of halogens is 1. The van der Waals surface area contributed by atoms with Gasteiger partial charge in [0.25, 0.3) is 0 Å². The number of nitrogens with zero attached hydrogens (tertiary/aromatic N) is 3. The highest BCUT2D eigenvalue weighted by molar-refractivity contribution is 7.99. The van der Waals surface area contributed by atoms with Gasteiger partial charge in [-0.15, -0.1) is 0 Å². The van der Waals surface area contributed by atoms with Crippen LogP contribution in [-0.2, 0) is 11.3 Å². The van der Waals surface area contributed by atoms with Crippen LogP contribution < -0.4 is 5.43 Å². The molecule has 3 rings (SSSR count). The Balaban J connectivity index is 2.06. The van der Waals surface area contributed by atoms with E-state index in [4.69, 9.17) is 21.3 Å². The Bertz CT molecular complexity index is 697. The predicted octanol–water partition coefficient (Wildman–Crippen LogP) is 3.68. The number of nitrogens with one attached hydrogen (secondary N) is 1. The molecule has 126 valence electrons. The number of aromatic nitrogens is 3. The van der Waals surface area contributed by atoms with Gasteiger partial charge in [0.05, 0.1) is 5.52 Å². The number of imidazole rings is 1. The van der Waals surface area contributed by atoms with Crippen LogP contribution in [0.15, 0.2) is 0 Å². The summed E-state index contributed by atoms with van der Waals surface area (Å²) >= 11 is 8.36. The Morgan fingerprint density at radius 2 is 2.04 bits per heavy atom. The maximum absolute atomic E-state index is 6.34. The summed E-state index contributed by atoms with van der Waals surface area (Å²) in [6.45, 7) is 7.17. The molecule has 0 bridgehead atoms. The highest BCUT2D eigenvalue weighted by Gasteiger charge is 2.21. The van der Waals surface area contributed by atoms with Crippen LogP contribution in [0, 0.1) is 13.8 Å². The topological polar surface area (TPSA) is 52.0 Å². The van der Waals surface area contributed by atoms with E-state index in [-0.39, 0.29) is 0 Å². The van der Waals surface area contributed by atoms with Crippen molar-refractivity contribution in [2.45, 2.75) is 46.3 Å². The standard InChI is InChI=1S/C16H23ClN4OS/c1-4-22-9-13-19-14-15(10(2)11(3)18-16(14)17)21(13)20-12-5-7-23-8-6-12/h12,20H,4-9H2,1-3H3. The van der Waals surface area contributed by atoms with Crippen LogP contribution in [0.1, 0.15) is 36.8 Å². The van der Waals surface area contributed by atoms with Gasteiger partial charge in [-0.3, -0.25) is 0 Å². The van der Waals surface area contributed by atoms with Crippen LogP contribution >= 0.6 is 23.4 Å². The molecule has 0 aromatic carbocycles. The lowest BCUT2D eigenvalue weighted by Gasteiger charge is -2.25. The number of hydrogen-bond donors (Lipinski definition) is 1. The van der Waals surface area contributed by atoms with Crippen LogP contribution in [0.4, 0.5) is 0 Å². The first-order chi connectivity index (χ1) is 11.1. The molecule has 0 atom stereocenters. The van der Waals surface area contributed by atoms with Gasteiger partial charge in [-0.05, 0) is 50.7 Å². The second kappa shape index (κ2) is 7.28. The zero-order valence-corrected chi connectivity index (χ0v) is 15.4. The summed E-state index contributed by atoms with van der Waals surface area (Å²) in [5.74, 6) is 3.26. The van der Waals surface area contributed by atoms with E-state index in [1.54, 1.807) is 0 Å². The summed E-state index contributed by atoms with van der Waals surface area (Å²) in [7, 11) is 0. The smallest absolute Gasteiger partial charge is 0.157 e. The first kappa shape index (κ1) is 16.9. The van der Waals surface area contributed by atoms with Crippen molar-refractivity contribution in [2.24, 2.45) is 0 Å². The number of fused-ring (bicyclic) bond motifs is 1. The number of rotatable bonds is 5. The lowest BCUT2D eigenvalue weighted by atomic mass is 10.2. The highest BCUT2D eigenvalue weighted by Crippen LogP contribution is 2.28. The summed E-state index contributed by atoms with van der Waals surface area (Å²) in [5.41, 5.74) is 7.47. The molecule has 5 nitrogen and oxygen atoms in total. The molecule has 0 radical (unpaired) electrons. The summed E-state index contributed by atoms with van der Waals surface area (Å²) in [5, 5.41) is 0.459. The Morgan fingerprint density at radius 1 is 1.30 bits per heavy atom. The van der Waals surface area contributed by atoms with Gasteiger partial charge in [-0.25, -0.2) is 14.6 Å². The van der Waals surface area contributed by atoms with Crippen molar-refractivity contribution in [3.63, 3.8) is 0 Å². The zero-order chi connectivity index (χ0) is 16.4. The minimum Gasteiger partial charge on any atom is -0.374 e. The SMILES string of the molecule is CCOCc1nc2c(Cl)nc(C)c(C)c2n1NC1CCSCC1. The Kier molecular flexibility index (Phi) is 5.34. The first-order valence-corrected chi connectivity index (χ1v) is 9.61. The third kappa shape index (κ3) is 3.44. The van der Waals surface area contributed by atoms with E-state index in [0.29, 0.717) is 24.4 Å². The van der Waals surface area contributed by atoms with E-state index in [2.05, 4.69) is 22.0 Å². The lowest BCUT2D eigenvalue weighted by Crippen LogP contribution is -2.32. The van der Waals surface area contributed by atoms with Crippen LogP contribution in [0.5, 0.6) is 0 Å². The molecule has 2 aromatic rings. The number of pyridine rings is 1. The maximum Gasteiger partial charge on any atom is 0.157 e. The van der Waals surface area contributed by atoms with E-state index < -0.39 is 0 Å². The third-order valence-corrected chi connectivity index (χ3v) is 5.59. The van der Waals surface area contributed by atoms with Crippen molar-refractivity contribution in [3.8, 4) is 0 Å². The van der Waals surface area contributed by atoms with Crippen molar-refractivity contribution in [3.05, 3.63) is 22.2 Å². The molecule has 1 aliphatic heterocycles. The van der Waals surface area contributed by atoms with E-state index in [1.165, 1.54) is 11.5 Å². The quantitative estimate of drug-likeness (QED) is 0.830. The molecule has 3 heterocycles. The number of aryl methyl sites for hydroxylation is 2. The Morgan fingerprint density at radius 3 is 2.74 bits per heavy atom. The largest absolute Gasteiger partial charge is 0.374 e. The van der Waals surface area contributed by atoms with E-state index >= 15 is 0 Å². The number of thioether (sulfide) groups is 1.